The van der Waals surface area contributed by atoms with Crippen LogP contribution in [0, 0.1) is 35.5 Å². The van der Waals surface area contributed by atoms with Crippen molar-refractivity contribution in [3.63, 3.8) is 0 Å². The Morgan fingerprint density at radius 1 is 1.03 bits per heavy atom. The summed E-state index contributed by atoms with van der Waals surface area (Å²) in [6.07, 6.45) is -0.210. The average Bonchev–Trinajstić information content (AvgIpc) is 3.46. The molecule has 4 aliphatic carbocycles. The first-order valence-corrected chi connectivity index (χ1v) is 9.74. The average molecular weight is 425 g/mol. The van der Waals surface area contributed by atoms with Crippen LogP contribution >= 0.6 is 11.6 Å². The summed E-state index contributed by atoms with van der Waals surface area (Å²) in [5, 5.41) is 0.286. The number of amides is 3. The molecule has 1 aromatic carbocycles. The number of allylic oxidation sites excluding steroid dienone is 2. The van der Waals surface area contributed by atoms with Crippen molar-refractivity contribution < 1.29 is 27.6 Å². The largest absolute Gasteiger partial charge is 0.471 e. The number of alkyl halides is 3. The predicted molar refractivity (Wildman–Crippen MR) is 96.4 cm³/mol. The summed E-state index contributed by atoms with van der Waals surface area (Å²) in [7, 11) is 0. The van der Waals surface area contributed by atoms with Gasteiger partial charge in [0.2, 0.25) is 11.8 Å². The lowest BCUT2D eigenvalue weighted by Gasteiger charge is -2.37. The summed E-state index contributed by atoms with van der Waals surface area (Å²) >= 11 is 5.79. The molecule has 5 nitrogen and oxygen atoms in total. The molecule has 152 valence electrons. The number of carbonyl (C=O) groups is 3. The van der Waals surface area contributed by atoms with E-state index in [1.165, 1.54) is 24.3 Å². The van der Waals surface area contributed by atoms with Crippen LogP contribution in [0.25, 0.3) is 0 Å². The molecule has 0 aromatic heterocycles. The summed E-state index contributed by atoms with van der Waals surface area (Å²) in [6.45, 7) is -0.764. The number of anilines is 1. The molecule has 0 unspecified atom stereocenters. The lowest BCUT2D eigenvalue weighted by molar-refractivity contribution is -0.171. The van der Waals surface area contributed by atoms with Crippen molar-refractivity contribution in [3.8, 4) is 0 Å². The second kappa shape index (κ2) is 6.08. The molecule has 1 aromatic rings. The predicted octanol–water partition coefficient (Wildman–Crippen LogP) is 3.25. The van der Waals surface area contributed by atoms with E-state index < -0.39 is 42.4 Å². The van der Waals surface area contributed by atoms with Crippen LogP contribution in [0.2, 0.25) is 5.02 Å². The van der Waals surface area contributed by atoms with Crippen molar-refractivity contribution in [2.24, 2.45) is 35.5 Å². The highest BCUT2D eigenvalue weighted by Gasteiger charge is 2.67. The summed E-state index contributed by atoms with van der Waals surface area (Å²) in [6, 6.07) is 5.20. The monoisotopic (exact) mass is 424 g/mol. The molecule has 3 amide bonds. The van der Waals surface area contributed by atoms with Gasteiger partial charge in [0.15, 0.2) is 0 Å². The van der Waals surface area contributed by atoms with Gasteiger partial charge < -0.3 is 0 Å². The molecule has 1 heterocycles. The highest BCUT2D eigenvalue weighted by atomic mass is 35.5. The Morgan fingerprint density at radius 2 is 1.55 bits per heavy atom. The molecular formula is C20H16ClF3N2O3. The van der Waals surface area contributed by atoms with Crippen molar-refractivity contribution in [3.05, 3.63) is 41.4 Å². The smallest absolute Gasteiger partial charge is 0.286 e. The Labute approximate surface area is 169 Å². The number of halogens is 4. The van der Waals surface area contributed by atoms with Gasteiger partial charge in [0.05, 0.1) is 11.8 Å². The molecule has 0 radical (unpaired) electrons. The third kappa shape index (κ3) is 2.72. The molecule has 2 saturated carbocycles. The van der Waals surface area contributed by atoms with Crippen LogP contribution in [0.4, 0.5) is 18.9 Å². The number of hydrogen-bond acceptors (Lipinski definition) is 3. The van der Waals surface area contributed by atoms with Crippen LogP contribution < -0.4 is 4.90 Å². The zero-order chi connectivity index (χ0) is 20.7. The number of imide groups is 1. The minimum Gasteiger partial charge on any atom is -0.286 e. The minimum absolute atomic E-state index is 0.0428. The summed E-state index contributed by atoms with van der Waals surface area (Å²) < 4.78 is 39.6. The maximum atomic E-state index is 13.2. The molecule has 29 heavy (non-hydrogen) atoms. The molecule has 6 rings (SSSR count). The molecule has 5 aliphatic rings. The van der Waals surface area contributed by atoms with Crippen LogP contribution in [0.3, 0.4) is 0 Å². The fraction of sp³-hybridized carbons (Fsp3) is 0.450. The van der Waals surface area contributed by atoms with Crippen LogP contribution in [0.15, 0.2) is 36.4 Å². The highest BCUT2D eigenvalue weighted by molar-refractivity contribution is 6.30. The Kier molecular flexibility index (Phi) is 3.91. The van der Waals surface area contributed by atoms with Crippen molar-refractivity contribution >= 4 is 35.0 Å². The quantitative estimate of drug-likeness (QED) is 0.553. The van der Waals surface area contributed by atoms with Gasteiger partial charge in [-0.2, -0.15) is 13.2 Å². The maximum absolute atomic E-state index is 13.2. The van der Waals surface area contributed by atoms with E-state index in [1.54, 1.807) is 0 Å². The number of benzene rings is 1. The second-order valence-corrected chi connectivity index (χ2v) is 8.54. The molecule has 1 aliphatic heterocycles. The lowest BCUT2D eigenvalue weighted by Crippen LogP contribution is -2.49. The Balaban J connectivity index is 1.46. The van der Waals surface area contributed by atoms with Crippen molar-refractivity contribution in [1.82, 2.24) is 4.90 Å². The van der Waals surface area contributed by atoms with E-state index in [-0.39, 0.29) is 22.5 Å². The molecule has 3 fully saturated rings. The number of likely N-dealkylation sites (tertiary alicyclic amines) is 1. The van der Waals surface area contributed by atoms with Gasteiger partial charge in [-0.05, 0) is 54.4 Å². The van der Waals surface area contributed by atoms with E-state index >= 15 is 0 Å². The van der Waals surface area contributed by atoms with E-state index in [0.29, 0.717) is 16.7 Å². The topological polar surface area (TPSA) is 57.7 Å². The standard InChI is InChI=1S/C20H16ClF3N2O3/c21-9-1-3-10(4-2-9)25(19(29)20(22,23)24)8-26-17(27)15-11-5-6-12(14-7-13(11)14)16(15)18(26)28/h1-6,11-16H,7-8H2/t11-,12-,13-,14+,15+,16-/m1/s1. The van der Waals surface area contributed by atoms with Crippen LogP contribution in [0.5, 0.6) is 0 Å². The van der Waals surface area contributed by atoms with Gasteiger partial charge in [-0.3, -0.25) is 24.2 Å². The third-order valence-corrected chi connectivity index (χ3v) is 6.91. The van der Waals surface area contributed by atoms with E-state index in [1.807, 2.05) is 12.2 Å². The fourth-order valence-electron chi connectivity index (χ4n) is 5.34. The molecule has 0 spiro atoms. The number of nitrogens with zero attached hydrogens (tertiary/aromatic N) is 2. The minimum atomic E-state index is -5.15. The number of carbonyl (C=O) groups excluding carboxylic acids is 3. The van der Waals surface area contributed by atoms with Gasteiger partial charge >= 0.3 is 12.1 Å². The molecule has 9 heteroatoms. The molecule has 1 saturated heterocycles. The van der Waals surface area contributed by atoms with E-state index in [0.717, 1.165) is 11.3 Å². The van der Waals surface area contributed by atoms with Gasteiger partial charge in [0.1, 0.15) is 6.67 Å². The van der Waals surface area contributed by atoms with Gasteiger partial charge in [-0.15, -0.1) is 0 Å². The summed E-state index contributed by atoms with van der Waals surface area (Å²) in [4.78, 5) is 39.4. The van der Waals surface area contributed by atoms with Crippen molar-refractivity contribution in [1.29, 1.82) is 0 Å². The normalized spacial score (nSPS) is 34.3. The summed E-state index contributed by atoms with van der Waals surface area (Å²) in [5.41, 5.74) is -0.0869. The van der Waals surface area contributed by atoms with E-state index in [2.05, 4.69) is 0 Å². The van der Waals surface area contributed by atoms with E-state index in [4.69, 9.17) is 11.6 Å². The molecule has 2 bridgehead atoms. The van der Waals surface area contributed by atoms with Gasteiger partial charge in [-0.1, -0.05) is 23.8 Å². The first-order valence-electron chi connectivity index (χ1n) is 9.36. The van der Waals surface area contributed by atoms with E-state index in [9.17, 15) is 27.6 Å². The van der Waals surface area contributed by atoms with Gasteiger partial charge in [0.25, 0.3) is 0 Å². The zero-order valence-electron chi connectivity index (χ0n) is 15.0. The number of rotatable bonds is 3. The van der Waals surface area contributed by atoms with Gasteiger partial charge in [0, 0.05) is 10.7 Å². The second-order valence-electron chi connectivity index (χ2n) is 8.11. The zero-order valence-corrected chi connectivity index (χ0v) is 15.7. The maximum Gasteiger partial charge on any atom is 0.471 e. The van der Waals surface area contributed by atoms with Crippen molar-refractivity contribution in [2.75, 3.05) is 11.6 Å². The van der Waals surface area contributed by atoms with Crippen molar-refractivity contribution in [2.45, 2.75) is 12.6 Å². The third-order valence-electron chi connectivity index (χ3n) is 6.66. The Morgan fingerprint density at radius 3 is 2.03 bits per heavy atom. The first-order chi connectivity index (χ1) is 13.7. The van der Waals surface area contributed by atoms with Crippen LogP contribution in [0.1, 0.15) is 6.42 Å². The molecule has 0 N–H and O–H groups in total. The molecule has 6 atom stereocenters. The lowest BCUT2D eigenvalue weighted by atomic mass is 9.63. The first kappa shape index (κ1) is 18.7. The number of hydrogen-bond donors (Lipinski definition) is 0. The fourth-order valence-corrected chi connectivity index (χ4v) is 5.46. The van der Waals surface area contributed by atoms with Crippen LogP contribution in [-0.4, -0.2) is 35.5 Å². The highest BCUT2D eigenvalue weighted by Crippen LogP contribution is 2.65. The Bertz CT molecular complexity index is 909. The Hall–Kier alpha value is -2.35. The SMILES string of the molecule is O=C1[C@@H]2[C@@H]3C=C[C@H]([C@H]4C[C@@H]34)[C@@H]2C(=O)N1CN(C(=O)C(F)(F)F)c1ccc(Cl)cc1. The molecular weight excluding hydrogens is 409 g/mol. The van der Waals surface area contributed by atoms with Gasteiger partial charge in [-0.25, -0.2) is 0 Å². The summed E-state index contributed by atoms with van der Waals surface area (Å²) in [5.74, 6) is -3.50. The van der Waals surface area contributed by atoms with Crippen LogP contribution in [-0.2, 0) is 14.4 Å².